The summed E-state index contributed by atoms with van der Waals surface area (Å²) in [6.07, 6.45) is 6.13. The quantitative estimate of drug-likeness (QED) is 0.930. The van der Waals surface area contributed by atoms with Gasteiger partial charge in [0, 0.05) is 18.3 Å². The maximum atomic E-state index is 13.0. The second-order valence-electron chi connectivity index (χ2n) is 7.16. The molecule has 0 saturated carbocycles. The van der Waals surface area contributed by atoms with Crippen LogP contribution in [-0.2, 0) is 9.53 Å². The number of nitrogens with one attached hydrogen (secondary N) is 1. The molecule has 0 aliphatic carbocycles. The van der Waals surface area contributed by atoms with Gasteiger partial charge in [-0.2, -0.15) is 0 Å². The summed E-state index contributed by atoms with van der Waals surface area (Å²) < 4.78 is 5.61. The molecule has 5 nitrogen and oxygen atoms in total. The SMILES string of the molecule is CC1CC(C(=O)N2CCCCC2c2nc(-c3ccccc3)c[nH]2)CO1. The molecule has 0 spiro atoms. The molecule has 0 bridgehead atoms. The van der Waals surface area contributed by atoms with Crippen molar-refractivity contribution in [2.45, 2.75) is 44.8 Å². The van der Waals surface area contributed by atoms with E-state index in [4.69, 9.17) is 9.72 Å². The molecule has 3 heterocycles. The van der Waals surface area contributed by atoms with Crippen LogP contribution in [0.1, 0.15) is 44.5 Å². The minimum Gasteiger partial charge on any atom is -0.378 e. The highest BCUT2D eigenvalue weighted by atomic mass is 16.5. The fourth-order valence-electron chi connectivity index (χ4n) is 3.97. The third kappa shape index (κ3) is 3.33. The van der Waals surface area contributed by atoms with Gasteiger partial charge in [0.15, 0.2) is 0 Å². The minimum atomic E-state index is -0.000781. The molecule has 4 rings (SSSR count). The average Bonchev–Trinajstić information content (AvgIpc) is 3.31. The zero-order valence-corrected chi connectivity index (χ0v) is 14.6. The van der Waals surface area contributed by atoms with Gasteiger partial charge in [0.2, 0.25) is 5.91 Å². The molecule has 1 amide bonds. The number of hydrogen-bond donors (Lipinski definition) is 1. The van der Waals surface area contributed by atoms with Gasteiger partial charge in [-0.25, -0.2) is 4.98 Å². The molecule has 2 aliphatic rings. The number of nitrogens with zero attached hydrogens (tertiary/aromatic N) is 2. The molecule has 3 unspecified atom stereocenters. The summed E-state index contributed by atoms with van der Waals surface area (Å²) in [7, 11) is 0. The van der Waals surface area contributed by atoms with Crippen molar-refractivity contribution in [1.82, 2.24) is 14.9 Å². The molecule has 2 aromatic rings. The first-order chi connectivity index (χ1) is 12.2. The van der Waals surface area contributed by atoms with Crippen molar-refractivity contribution >= 4 is 5.91 Å². The van der Waals surface area contributed by atoms with Crippen LogP contribution in [-0.4, -0.2) is 40.0 Å². The average molecular weight is 339 g/mol. The van der Waals surface area contributed by atoms with E-state index in [1.807, 2.05) is 36.2 Å². The lowest BCUT2D eigenvalue weighted by Crippen LogP contribution is -2.42. The summed E-state index contributed by atoms with van der Waals surface area (Å²) in [4.78, 5) is 23.2. The van der Waals surface area contributed by atoms with Crippen LogP contribution in [0.3, 0.4) is 0 Å². The molecule has 1 aromatic carbocycles. The molecule has 25 heavy (non-hydrogen) atoms. The van der Waals surface area contributed by atoms with Gasteiger partial charge in [-0.1, -0.05) is 30.3 Å². The van der Waals surface area contributed by atoms with Crippen molar-refractivity contribution in [1.29, 1.82) is 0 Å². The van der Waals surface area contributed by atoms with Crippen molar-refractivity contribution in [2.75, 3.05) is 13.2 Å². The Morgan fingerprint density at radius 1 is 1.28 bits per heavy atom. The lowest BCUT2D eigenvalue weighted by Gasteiger charge is -2.36. The Kier molecular flexibility index (Phi) is 4.57. The number of aromatic amines is 1. The van der Waals surface area contributed by atoms with Gasteiger partial charge in [-0.05, 0) is 32.6 Å². The number of benzene rings is 1. The number of piperidine rings is 1. The van der Waals surface area contributed by atoms with E-state index in [1.165, 1.54) is 0 Å². The summed E-state index contributed by atoms with van der Waals surface area (Å²) in [6, 6.07) is 10.2. The number of amides is 1. The smallest absolute Gasteiger partial charge is 0.228 e. The fourth-order valence-corrected chi connectivity index (χ4v) is 3.97. The number of rotatable bonds is 3. The van der Waals surface area contributed by atoms with Crippen LogP contribution in [0.4, 0.5) is 0 Å². The minimum absolute atomic E-state index is 0.000781. The summed E-state index contributed by atoms with van der Waals surface area (Å²) in [5.74, 6) is 1.13. The predicted molar refractivity (Wildman–Crippen MR) is 95.8 cm³/mol. The lowest BCUT2D eigenvalue weighted by atomic mass is 9.97. The number of imidazole rings is 1. The Balaban J connectivity index is 1.55. The Morgan fingerprint density at radius 3 is 2.88 bits per heavy atom. The third-order valence-corrected chi connectivity index (χ3v) is 5.32. The maximum absolute atomic E-state index is 13.0. The number of aromatic nitrogens is 2. The van der Waals surface area contributed by atoms with Gasteiger partial charge in [-0.3, -0.25) is 4.79 Å². The van der Waals surface area contributed by atoms with Gasteiger partial charge in [-0.15, -0.1) is 0 Å². The fraction of sp³-hybridized carbons (Fsp3) is 0.500. The molecule has 132 valence electrons. The van der Waals surface area contributed by atoms with Crippen LogP contribution in [0, 0.1) is 5.92 Å². The van der Waals surface area contributed by atoms with Gasteiger partial charge in [0.1, 0.15) is 5.82 Å². The van der Waals surface area contributed by atoms with E-state index in [-0.39, 0.29) is 24.0 Å². The van der Waals surface area contributed by atoms with Crippen LogP contribution in [0.15, 0.2) is 36.5 Å². The number of ether oxygens (including phenoxy) is 1. The number of H-pyrrole nitrogens is 1. The summed E-state index contributed by atoms with van der Waals surface area (Å²) in [6.45, 7) is 3.41. The van der Waals surface area contributed by atoms with E-state index in [9.17, 15) is 4.79 Å². The van der Waals surface area contributed by atoms with Gasteiger partial charge < -0.3 is 14.6 Å². The first-order valence-electron chi connectivity index (χ1n) is 9.25. The summed E-state index contributed by atoms with van der Waals surface area (Å²) >= 11 is 0. The molecule has 5 heteroatoms. The Hall–Kier alpha value is -2.14. The molecular weight excluding hydrogens is 314 g/mol. The summed E-state index contributed by atoms with van der Waals surface area (Å²) in [5, 5.41) is 0. The highest BCUT2D eigenvalue weighted by Gasteiger charge is 2.37. The van der Waals surface area contributed by atoms with E-state index < -0.39 is 0 Å². The molecule has 3 atom stereocenters. The molecule has 2 fully saturated rings. The highest BCUT2D eigenvalue weighted by molar-refractivity contribution is 5.80. The molecule has 2 saturated heterocycles. The van der Waals surface area contributed by atoms with Crippen molar-refractivity contribution in [3.63, 3.8) is 0 Å². The lowest BCUT2D eigenvalue weighted by molar-refractivity contribution is -0.139. The number of likely N-dealkylation sites (tertiary alicyclic amines) is 1. The molecular formula is C20H25N3O2. The molecule has 1 aromatic heterocycles. The van der Waals surface area contributed by atoms with E-state index in [1.54, 1.807) is 0 Å². The Morgan fingerprint density at radius 2 is 2.12 bits per heavy atom. The standard InChI is InChI=1S/C20H25N3O2/c1-14-11-16(13-25-14)20(24)23-10-6-5-9-18(23)19-21-12-17(22-19)15-7-3-2-4-8-15/h2-4,7-8,12,14,16,18H,5-6,9-11,13H2,1H3,(H,21,22). The Labute approximate surface area is 148 Å². The zero-order valence-electron chi connectivity index (χ0n) is 14.6. The van der Waals surface area contributed by atoms with Crippen LogP contribution in [0.5, 0.6) is 0 Å². The van der Waals surface area contributed by atoms with Crippen molar-refractivity contribution < 1.29 is 9.53 Å². The highest BCUT2D eigenvalue weighted by Crippen LogP contribution is 2.33. The number of carbonyl (C=O) groups excluding carboxylic acids is 1. The van der Waals surface area contributed by atoms with Crippen molar-refractivity contribution in [3.05, 3.63) is 42.4 Å². The van der Waals surface area contributed by atoms with Gasteiger partial charge >= 0.3 is 0 Å². The normalized spacial score (nSPS) is 26.8. The largest absolute Gasteiger partial charge is 0.378 e. The molecule has 1 N–H and O–H groups in total. The van der Waals surface area contributed by atoms with Crippen molar-refractivity contribution in [3.8, 4) is 11.3 Å². The second kappa shape index (κ2) is 7.00. The predicted octanol–water partition coefficient (Wildman–Crippen LogP) is 3.56. The second-order valence-corrected chi connectivity index (χ2v) is 7.16. The number of hydrogen-bond acceptors (Lipinski definition) is 3. The summed E-state index contributed by atoms with van der Waals surface area (Å²) in [5.41, 5.74) is 2.03. The monoisotopic (exact) mass is 339 g/mol. The number of carbonyl (C=O) groups is 1. The topological polar surface area (TPSA) is 58.2 Å². The van der Waals surface area contributed by atoms with Crippen LogP contribution in [0.2, 0.25) is 0 Å². The van der Waals surface area contributed by atoms with E-state index in [0.717, 1.165) is 49.3 Å². The maximum Gasteiger partial charge on any atom is 0.228 e. The Bertz CT molecular complexity index is 728. The van der Waals surface area contributed by atoms with E-state index in [0.29, 0.717) is 6.61 Å². The van der Waals surface area contributed by atoms with E-state index >= 15 is 0 Å². The molecule has 0 radical (unpaired) electrons. The molecule has 2 aliphatic heterocycles. The van der Waals surface area contributed by atoms with Gasteiger partial charge in [0.05, 0.1) is 30.4 Å². The third-order valence-electron chi connectivity index (χ3n) is 5.32. The van der Waals surface area contributed by atoms with Crippen LogP contribution >= 0.6 is 0 Å². The van der Waals surface area contributed by atoms with E-state index in [2.05, 4.69) is 17.1 Å². The van der Waals surface area contributed by atoms with Crippen LogP contribution < -0.4 is 0 Å². The van der Waals surface area contributed by atoms with Crippen molar-refractivity contribution in [2.24, 2.45) is 5.92 Å². The zero-order chi connectivity index (χ0) is 17.2. The van der Waals surface area contributed by atoms with Gasteiger partial charge in [0.25, 0.3) is 0 Å². The van der Waals surface area contributed by atoms with Crippen LogP contribution in [0.25, 0.3) is 11.3 Å². The first kappa shape index (κ1) is 16.3. The first-order valence-corrected chi connectivity index (χ1v) is 9.25.